The van der Waals surface area contributed by atoms with Gasteiger partial charge in [-0.25, -0.2) is 0 Å². The molecule has 0 saturated carbocycles. The molecule has 0 saturated heterocycles. The van der Waals surface area contributed by atoms with Crippen molar-refractivity contribution in [2.45, 2.75) is 33.3 Å². The lowest BCUT2D eigenvalue weighted by Gasteiger charge is -2.29. The molecule has 0 aromatic rings. The summed E-state index contributed by atoms with van der Waals surface area (Å²) in [4.78, 5) is 13.4. The number of carbonyl (C=O) groups excluding carboxylic acids is 1. The van der Waals surface area contributed by atoms with Crippen LogP contribution in [0.25, 0.3) is 0 Å². The molecule has 0 fully saturated rings. The van der Waals surface area contributed by atoms with Crippen molar-refractivity contribution in [3.05, 3.63) is 0 Å². The predicted octanol–water partition coefficient (Wildman–Crippen LogP) is 1.28. The van der Waals surface area contributed by atoms with Crippen LogP contribution in [-0.2, 0) is 9.53 Å². The van der Waals surface area contributed by atoms with Crippen LogP contribution in [0, 0.1) is 0 Å². The molecule has 0 aromatic heterocycles. The Morgan fingerprint density at radius 1 is 1.33 bits per heavy atom. The Morgan fingerprint density at radius 3 is 2.00 bits per heavy atom. The van der Waals surface area contributed by atoms with E-state index in [0.29, 0.717) is 0 Å². The Labute approximate surface area is 74.7 Å². The van der Waals surface area contributed by atoms with E-state index in [2.05, 4.69) is 0 Å². The lowest BCUT2D eigenvalue weighted by atomic mass is 10.1. The number of amides is 1. The summed E-state index contributed by atoms with van der Waals surface area (Å²) < 4.78 is 5.09. The van der Waals surface area contributed by atoms with Crippen LogP contribution >= 0.6 is 0 Å². The fourth-order valence-corrected chi connectivity index (χ4v) is 0.979. The second kappa shape index (κ2) is 4.45. The molecule has 3 nitrogen and oxygen atoms in total. The van der Waals surface area contributed by atoms with Crippen molar-refractivity contribution in [3.8, 4) is 0 Å². The molecule has 0 unspecified atom stereocenters. The third-order valence-electron chi connectivity index (χ3n) is 2.08. The lowest BCUT2D eigenvalue weighted by molar-refractivity contribution is -0.150. The average molecular weight is 173 g/mol. The summed E-state index contributed by atoms with van der Waals surface area (Å²) in [5.41, 5.74) is -0.688. The third kappa shape index (κ3) is 2.48. The molecule has 0 radical (unpaired) electrons. The van der Waals surface area contributed by atoms with Gasteiger partial charge in [-0.15, -0.1) is 0 Å². The summed E-state index contributed by atoms with van der Waals surface area (Å²) in [7, 11) is 1.56. The van der Waals surface area contributed by atoms with Crippen molar-refractivity contribution in [3.63, 3.8) is 0 Å². The number of carbonyl (C=O) groups is 1. The second-order valence-corrected chi connectivity index (χ2v) is 3.19. The maximum absolute atomic E-state index is 11.7. The average Bonchev–Trinajstić information content (AvgIpc) is 2.06. The van der Waals surface area contributed by atoms with Crippen LogP contribution < -0.4 is 0 Å². The Kier molecular flexibility index (Phi) is 4.24. The largest absolute Gasteiger partial charge is 0.369 e. The highest BCUT2D eigenvalue weighted by molar-refractivity contribution is 5.84. The van der Waals surface area contributed by atoms with E-state index < -0.39 is 5.60 Å². The van der Waals surface area contributed by atoms with Gasteiger partial charge < -0.3 is 9.64 Å². The molecule has 0 atom stereocenters. The van der Waals surface area contributed by atoms with Gasteiger partial charge >= 0.3 is 0 Å². The van der Waals surface area contributed by atoms with E-state index in [0.717, 1.165) is 13.1 Å². The third-order valence-corrected chi connectivity index (χ3v) is 2.08. The van der Waals surface area contributed by atoms with E-state index in [-0.39, 0.29) is 5.91 Å². The van der Waals surface area contributed by atoms with Crippen molar-refractivity contribution in [2.75, 3.05) is 20.2 Å². The molecule has 12 heavy (non-hydrogen) atoms. The van der Waals surface area contributed by atoms with Gasteiger partial charge in [0.2, 0.25) is 0 Å². The van der Waals surface area contributed by atoms with Gasteiger partial charge in [-0.05, 0) is 27.7 Å². The van der Waals surface area contributed by atoms with Gasteiger partial charge in [0.15, 0.2) is 0 Å². The lowest BCUT2D eigenvalue weighted by Crippen LogP contribution is -2.46. The molecule has 0 aliphatic rings. The monoisotopic (exact) mass is 173 g/mol. The van der Waals surface area contributed by atoms with Gasteiger partial charge in [0.1, 0.15) is 5.60 Å². The van der Waals surface area contributed by atoms with E-state index in [4.69, 9.17) is 4.74 Å². The molecule has 0 bridgehead atoms. The number of ether oxygens (including phenoxy) is 1. The minimum absolute atomic E-state index is 0.0509. The first-order valence-corrected chi connectivity index (χ1v) is 4.34. The number of methoxy groups -OCH3 is 1. The van der Waals surface area contributed by atoms with Crippen LogP contribution in [0.5, 0.6) is 0 Å². The molecule has 0 rings (SSSR count). The standard InChI is InChI=1S/C9H19NO2/c1-6-10(7-2)8(11)9(3,4)12-5/h6-7H2,1-5H3. The Bertz CT molecular complexity index is 151. The molecule has 72 valence electrons. The SMILES string of the molecule is CCN(CC)C(=O)C(C)(C)OC. The van der Waals surface area contributed by atoms with Crippen molar-refractivity contribution >= 4 is 5.91 Å². The molecular formula is C9H19NO2. The molecule has 0 N–H and O–H groups in total. The minimum atomic E-state index is -0.688. The number of likely N-dealkylation sites (N-methyl/N-ethyl adjacent to an activating group) is 1. The van der Waals surface area contributed by atoms with Crippen molar-refractivity contribution in [1.29, 1.82) is 0 Å². The first-order chi connectivity index (χ1) is 5.49. The zero-order valence-electron chi connectivity index (χ0n) is 8.68. The van der Waals surface area contributed by atoms with Crippen molar-refractivity contribution in [2.24, 2.45) is 0 Å². The molecular weight excluding hydrogens is 154 g/mol. The highest BCUT2D eigenvalue weighted by atomic mass is 16.5. The number of nitrogens with zero attached hydrogens (tertiary/aromatic N) is 1. The minimum Gasteiger partial charge on any atom is -0.369 e. The topological polar surface area (TPSA) is 29.5 Å². The maximum Gasteiger partial charge on any atom is 0.254 e. The highest BCUT2D eigenvalue weighted by Crippen LogP contribution is 2.11. The number of hydrogen-bond acceptors (Lipinski definition) is 2. The van der Waals surface area contributed by atoms with Crippen LogP contribution in [0.15, 0.2) is 0 Å². The summed E-state index contributed by atoms with van der Waals surface area (Å²) in [6, 6.07) is 0. The van der Waals surface area contributed by atoms with Crippen LogP contribution in [0.4, 0.5) is 0 Å². The molecule has 0 aromatic carbocycles. The highest BCUT2D eigenvalue weighted by Gasteiger charge is 2.30. The van der Waals surface area contributed by atoms with E-state index >= 15 is 0 Å². The van der Waals surface area contributed by atoms with Gasteiger partial charge in [0, 0.05) is 20.2 Å². The zero-order chi connectivity index (χ0) is 9.78. The normalized spacial score (nSPS) is 11.4. The molecule has 1 amide bonds. The maximum atomic E-state index is 11.7. The smallest absolute Gasteiger partial charge is 0.254 e. The predicted molar refractivity (Wildman–Crippen MR) is 49.0 cm³/mol. The summed E-state index contributed by atoms with van der Waals surface area (Å²) in [6.07, 6.45) is 0. The quantitative estimate of drug-likeness (QED) is 0.641. The second-order valence-electron chi connectivity index (χ2n) is 3.19. The Balaban J connectivity index is 4.35. The molecule has 3 heteroatoms. The number of hydrogen-bond donors (Lipinski definition) is 0. The van der Waals surface area contributed by atoms with Crippen molar-refractivity contribution in [1.82, 2.24) is 4.90 Å². The fourth-order valence-electron chi connectivity index (χ4n) is 0.979. The van der Waals surface area contributed by atoms with Crippen LogP contribution in [0.2, 0.25) is 0 Å². The van der Waals surface area contributed by atoms with Gasteiger partial charge in [-0.2, -0.15) is 0 Å². The first-order valence-electron chi connectivity index (χ1n) is 4.34. The first kappa shape index (κ1) is 11.4. The van der Waals surface area contributed by atoms with Gasteiger partial charge in [0.05, 0.1) is 0 Å². The molecule has 0 aliphatic carbocycles. The van der Waals surface area contributed by atoms with Crippen LogP contribution in [-0.4, -0.2) is 36.6 Å². The van der Waals surface area contributed by atoms with Gasteiger partial charge in [-0.3, -0.25) is 4.79 Å². The van der Waals surface area contributed by atoms with Gasteiger partial charge in [-0.1, -0.05) is 0 Å². The van der Waals surface area contributed by atoms with E-state index in [1.807, 2.05) is 13.8 Å². The molecule has 0 aliphatic heterocycles. The van der Waals surface area contributed by atoms with Crippen LogP contribution in [0.1, 0.15) is 27.7 Å². The Morgan fingerprint density at radius 2 is 1.75 bits per heavy atom. The fraction of sp³-hybridized carbons (Fsp3) is 0.889. The molecule has 0 spiro atoms. The Hall–Kier alpha value is -0.570. The van der Waals surface area contributed by atoms with E-state index in [1.54, 1.807) is 25.9 Å². The summed E-state index contributed by atoms with van der Waals surface area (Å²) in [5, 5.41) is 0. The van der Waals surface area contributed by atoms with E-state index in [1.165, 1.54) is 0 Å². The van der Waals surface area contributed by atoms with Crippen molar-refractivity contribution < 1.29 is 9.53 Å². The zero-order valence-corrected chi connectivity index (χ0v) is 8.68. The van der Waals surface area contributed by atoms with E-state index in [9.17, 15) is 4.79 Å². The van der Waals surface area contributed by atoms with Gasteiger partial charge in [0.25, 0.3) is 5.91 Å². The number of rotatable bonds is 4. The summed E-state index contributed by atoms with van der Waals surface area (Å²) in [5.74, 6) is 0.0509. The summed E-state index contributed by atoms with van der Waals surface area (Å²) in [6.45, 7) is 8.98. The van der Waals surface area contributed by atoms with Crippen LogP contribution in [0.3, 0.4) is 0 Å². The molecule has 0 heterocycles. The summed E-state index contributed by atoms with van der Waals surface area (Å²) >= 11 is 0.